The van der Waals surface area contributed by atoms with Crippen LogP contribution in [0.15, 0.2) is 83.1 Å². The van der Waals surface area contributed by atoms with Crippen LogP contribution in [-0.4, -0.2) is 25.4 Å². The predicted octanol–water partition coefficient (Wildman–Crippen LogP) is 5.31. The van der Waals surface area contributed by atoms with Gasteiger partial charge in [-0.15, -0.1) is 0 Å². The van der Waals surface area contributed by atoms with Crippen molar-refractivity contribution < 1.29 is 8.60 Å². The molecule has 0 radical (unpaired) electrons. The first-order valence-electron chi connectivity index (χ1n) is 8.92. The lowest BCUT2D eigenvalue weighted by molar-refractivity contribution is 0.628. The third-order valence-corrected chi connectivity index (χ3v) is 6.36. The van der Waals surface area contributed by atoms with Crippen molar-refractivity contribution in [1.29, 1.82) is 0 Å². The molecule has 0 bridgehead atoms. The van der Waals surface area contributed by atoms with E-state index < -0.39 is 10.8 Å². The second-order valence-electron chi connectivity index (χ2n) is 6.36. The molecule has 0 aliphatic heterocycles. The minimum atomic E-state index is -1.05. The summed E-state index contributed by atoms with van der Waals surface area (Å²) in [6, 6.07) is 17.8. The van der Waals surface area contributed by atoms with Crippen LogP contribution in [-0.2, 0) is 16.6 Å². The number of hydrogen-bond acceptors (Lipinski definition) is 4. The fourth-order valence-electron chi connectivity index (χ4n) is 3.01. The van der Waals surface area contributed by atoms with Gasteiger partial charge < -0.3 is 4.98 Å². The number of aromatic amines is 1. The molecule has 0 fully saturated rings. The molecule has 1 N–H and O–H groups in total. The van der Waals surface area contributed by atoms with E-state index in [9.17, 15) is 8.60 Å². The van der Waals surface area contributed by atoms with Crippen LogP contribution in [0, 0.1) is 5.82 Å². The van der Waals surface area contributed by atoms with Crippen LogP contribution in [0.2, 0.25) is 0 Å². The SMILES string of the molecule is CS(=O)c1ccccc1CSc1nc(-c2ccc(F)cc2)c(-c2ccncc2)[nH]1. The quantitative estimate of drug-likeness (QED) is 0.427. The lowest BCUT2D eigenvalue weighted by Crippen LogP contribution is -1.94. The van der Waals surface area contributed by atoms with Gasteiger partial charge in [0.15, 0.2) is 5.16 Å². The van der Waals surface area contributed by atoms with Gasteiger partial charge in [0.1, 0.15) is 5.82 Å². The largest absolute Gasteiger partial charge is 0.332 e. The summed E-state index contributed by atoms with van der Waals surface area (Å²) < 4.78 is 25.4. The Morgan fingerprint density at radius 2 is 1.72 bits per heavy atom. The van der Waals surface area contributed by atoms with Crippen molar-refractivity contribution in [3.63, 3.8) is 0 Å². The molecule has 0 aliphatic rings. The highest BCUT2D eigenvalue weighted by Crippen LogP contribution is 2.34. The number of halogens is 1. The van der Waals surface area contributed by atoms with E-state index in [1.807, 2.05) is 36.4 Å². The Bertz CT molecular complexity index is 1140. The van der Waals surface area contributed by atoms with E-state index in [1.54, 1.807) is 42.5 Å². The van der Waals surface area contributed by atoms with Gasteiger partial charge in [-0.2, -0.15) is 0 Å². The molecule has 2 aromatic carbocycles. The smallest absolute Gasteiger partial charge is 0.166 e. The molecule has 29 heavy (non-hydrogen) atoms. The number of rotatable bonds is 6. The van der Waals surface area contributed by atoms with Gasteiger partial charge in [0, 0.05) is 40.4 Å². The molecule has 0 saturated carbocycles. The zero-order valence-electron chi connectivity index (χ0n) is 15.6. The summed E-state index contributed by atoms with van der Waals surface area (Å²) in [6.07, 6.45) is 5.14. The first-order chi connectivity index (χ1) is 14.1. The van der Waals surface area contributed by atoms with Crippen LogP contribution in [0.25, 0.3) is 22.5 Å². The van der Waals surface area contributed by atoms with Crippen LogP contribution >= 0.6 is 11.8 Å². The maximum atomic E-state index is 13.4. The molecule has 4 nitrogen and oxygen atoms in total. The third-order valence-electron chi connectivity index (χ3n) is 4.42. The highest BCUT2D eigenvalue weighted by atomic mass is 32.2. The fraction of sp³-hybridized carbons (Fsp3) is 0.0909. The van der Waals surface area contributed by atoms with Gasteiger partial charge in [0.25, 0.3) is 0 Å². The average molecular weight is 424 g/mol. The summed E-state index contributed by atoms with van der Waals surface area (Å²) in [7, 11) is -1.05. The van der Waals surface area contributed by atoms with Crippen molar-refractivity contribution in [3.8, 4) is 22.5 Å². The molecule has 0 spiro atoms. The van der Waals surface area contributed by atoms with E-state index in [-0.39, 0.29) is 5.82 Å². The Kier molecular flexibility index (Phi) is 5.87. The van der Waals surface area contributed by atoms with Crippen LogP contribution < -0.4 is 0 Å². The number of thioether (sulfide) groups is 1. The number of imidazole rings is 1. The number of nitrogens with one attached hydrogen (secondary N) is 1. The number of nitrogens with zero attached hydrogens (tertiary/aromatic N) is 2. The van der Waals surface area contributed by atoms with Gasteiger partial charge in [0.05, 0.1) is 22.2 Å². The van der Waals surface area contributed by atoms with Crippen molar-refractivity contribution >= 4 is 22.6 Å². The summed E-state index contributed by atoms with van der Waals surface area (Å²) in [5, 5.41) is 0.743. The predicted molar refractivity (Wildman–Crippen MR) is 116 cm³/mol. The van der Waals surface area contributed by atoms with Gasteiger partial charge in [0.2, 0.25) is 0 Å². The van der Waals surface area contributed by atoms with Gasteiger partial charge in [-0.3, -0.25) is 9.19 Å². The minimum Gasteiger partial charge on any atom is -0.332 e. The third kappa shape index (κ3) is 4.46. The lowest BCUT2D eigenvalue weighted by Gasteiger charge is -2.05. The first-order valence-corrected chi connectivity index (χ1v) is 11.5. The van der Waals surface area contributed by atoms with E-state index in [2.05, 4.69) is 9.97 Å². The molecule has 1 unspecified atom stereocenters. The van der Waals surface area contributed by atoms with Crippen LogP contribution in [0.5, 0.6) is 0 Å². The number of benzene rings is 2. The molecule has 7 heteroatoms. The monoisotopic (exact) mass is 423 g/mol. The molecule has 2 aromatic heterocycles. The van der Waals surface area contributed by atoms with E-state index >= 15 is 0 Å². The average Bonchev–Trinajstić information content (AvgIpc) is 3.18. The second-order valence-corrected chi connectivity index (χ2v) is 8.67. The first kappa shape index (κ1) is 19.5. The van der Waals surface area contributed by atoms with E-state index in [1.165, 1.54) is 12.1 Å². The highest BCUT2D eigenvalue weighted by molar-refractivity contribution is 7.98. The van der Waals surface area contributed by atoms with Crippen molar-refractivity contribution in [3.05, 3.63) is 84.4 Å². The molecular formula is C22H18FN3OS2. The van der Waals surface area contributed by atoms with E-state index in [0.29, 0.717) is 5.75 Å². The second kappa shape index (κ2) is 8.71. The van der Waals surface area contributed by atoms with Gasteiger partial charge >= 0.3 is 0 Å². The summed E-state index contributed by atoms with van der Waals surface area (Å²) in [5.74, 6) is 0.357. The molecule has 0 aliphatic carbocycles. The van der Waals surface area contributed by atoms with Crippen LogP contribution in [0.3, 0.4) is 0 Å². The van der Waals surface area contributed by atoms with Gasteiger partial charge in [-0.05, 0) is 48.0 Å². The Hall–Kier alpha value is -2.77. The number of pyridine rings is 1. The number of aromatic nitrogens is 3. The zero-order chi connectivity index (χ0) is 20.2. The Labute approximate surface area is 175 Å². The van der Waals surface area contributed by atoms with E-state index in [0.717, 1.165) is 38.1 Å². The number of H-pyrrole nitrogens is 1. The van der Waals surface area contributed by atoms with Crippen LogP contribution in [0.4, 0.5) is 4.39 Å². The van der Waals surface area contributed by atoms with E-state index in [4.69, 9.17) is 4.98 Å². The fourth-order valence-corrected chi connectivity index (χ4v) is 4.76. The molecule has 2 heterocycles. The van der Waals surface area contributed by atoms with Gasteiger partial charge in [-0.25, -0.2) is 9.37 Å². The summed E-state index contributed by atoms with van der Waals surface area (Å²) in [4.78, 5) is 13.1. The molecule has 0 amide bonds. The Morgan fingerprint density at radius 1 is 1.00 bits per heavy atom. The maximum absolute atomic E-state index is 13.4. The Balaban J connectivity index is 1.68. The van der Waals surface area contributed by atoms with Crippen molar-refractivity contribution in [2.75, 3.05) is 6.26 Å². The molecule has 0 saturated heterocycles. The van der Waals surface area contributed by atoms with Crippen molar-refractivity contribution in [1.82, 2.24) is 15.0 Å². The minimum absolute atomic E-state index is 0.284. The zero-order valence-corrected chi connectivity index (χ0v) is 17.3. The molecule has 4 rings (SSSR count). The Morgan fingerprint density at radius 3 is 2.45 bits per heavy atom. The number of hydrogen-bond donors (Lipinski definition) is 1. The van der Waals surface area contributed by atoms with Crippen LogP contribution in [0.1, 0.15) is 5.56 Å². The van der Waals surface area contributed by atoms with Crippen molar-refractivity contribution in [2.24, 2.45) is 0 Å². The lowest BCUT2D eigenvalue weighted by atomic mass is 10.1. The van der Waals surface area contributed by atoms with Crippen molar-refractivity contribution in [2.45, 2.75) is 15.8 Å². The van der Waals surface area contributed by atoms with Gasteiger partial charge in [-0.1, -0.05) is 30.0 Å². The summed E-state index contributed by atoms with van der Waals surface area (Å²) in [6.45, 7) is 0. The molecule has 146 valence electrons. The standard InChI is InChI=1S/C22H18FN3OS2/c1-29(27)19-5-3-2-4-17(19)14-28-22-25-20(15-6-8-18(23)9-7-15)21(26-22)16-10-12-24-13-11-16/h2-13H,14H2,1H3,(H,25,26). The topological polar surface area (TPSA) is 58.6 Å². The highest BCUT2D eigenvalue weighted by Gasteiger charge is 2.15. The normalized spacial score (nSPS) is 12.1. The summed E-state index contributed by atoms with van der Waals surface area (Å²) >= 11 is 1.54. The molecular weight excluding hydrogens is 405 g/mol. The maximum Gasteiger partial charge on any atom is 0.166 e. The summed E-state index contributed by atoms with van der Waals surface area (Å²) in [5.41, 5.74) is 4.41. The molecule has 4 aromatic rings. The molecule has 1 atom stereocenters.